The summed E-state index contributed by atoms with van der Waals surface area (Å²) in [4.78, 5) is 0. The third-order valence-corrected chi connectivity index (χ3v) is 2.35. The fourth-order valence-electron chi connectivity index (χ4n) is 1.58. The maximum Gasteiger partial charge on any atom is 0.180 e. The highest BCUT2D eigenvalue weighted by Crippen LogP contribution is 2.31. The zero-order chi connectivity index (χ0) is 10.3. The van der Waals surface area contributed by atoms with Gasteiger partial charge < -0.3 is 20.1 Å². The van der Waals surface area contributed by atoms with Crippen molar-refractivity contribution in [2.75, 3.05) is 7.11 Å². The molecule has 2 rings (SSSR count). The Kier molecular flexibility index (Phi) is 2.23. The van der Waals surface area contributed by atoms with E-state index in [1.54, 1.807) is 0 Å². The quantitative estimate of drug-likeness (QED) is 0.495. The van der Waals surface area contributed by atoms with Gasteiger partial charge in [-0.05, 0) is 0 Å². The van der Waals surface area contributed by atoms with E-state index >= 15 is 0 Å². The Morgan fingerprint density at radius 2 is 2.07 bits per heavy atom. The molecule has 0 fully saturated rings. The second-order valence-electron chi connectivity index (χ2n) is 3.16. The van der Waals surface area contributed by atoms with Crippen molar-refractivity contribution >= 4 is 0 Å². The first kappa shape index (κ1) is 9.53. The molecule has 0 spiro atoms. The Morgan fingerprint density at radius 1 is 1.36 bits per heavy atom. The first-order valence-electron chi connectivity index (χ1n) is 4.14. The topological polar surface area (TPSA) is 101 Å². The number of rotatable bonds is 1. The van der Waals surface area contributed by atoms with Crippen molar-refractivity contribution < 1.29 is 20.1 Å². The summed E-state index contributed by atoms with van der Waals surface area (Å²) in [6, 6.07) is 0. The summed E-state index contributed by atoms with van der Waals surface area (Å²) < 4.78 is 6.20. The molecule has 0 aromatic carbocycles. The highest BCUT2D eigenvalue weighted by Gasteiger charge is 2.41. The van der Waals surface area contributed by atoms with Crippen molar-refractivity contribution in [1.82, 2.24) is 15.0 Å². The van der Waals surface area contributed by atoms with Crippen LogP contribution in [0.2, 0.25) is 0 Å². The molecule has 0 bridgehead atoms. The maximum absolute atomic E-state index is 9.55. The average Bonchev–Trinajstić information content (AvgIpc) is 2.64. The lowest BCUT2D eigenvalue weighted by molar-refractivity contribution is -0.166. The molecule has 0 amide bonds. The summed E-state index contributed by atoms with van der Waals surface area (Å²) in [5.41, 5.74) is 0.328. The standard InChI is InChI=1S/C7H11N3O4/c1-14-7-6(13)5(12)4(11)3-2-8-9-10(3)7/h2,4-7,11-13H,1H3/t4-,5+,6+,7+/m1/s1. The molecular formula is C7H11N3O4. The number of nitrogens with zero attached hydrogens (tertiary/aromatic N) is 3. The van der Waals surface area contributed by atoms with Gasteiger partial charge in [0, 0.05) is 7.11 Å². The van der Waals surface area contributed by atoms with Crippen LogP contribution in [0.3, 0.4) is 0 Å². The number of fused-ring (bicyclic) bond motifs is 1. The average molecular weight is 201 g/mol. The molecule has 14 heavy (non-hydrogen) atoms. The Bertz CT molecular complexity index is 328. The lowest BCUT2D eigenvalue weighted by atomic mass is 10.0. The van der Waals surface area contributed by atoms with E-state index in [-0.39, 0.29) is 0 Å². The number of aliphatic hydroxyl groups is 3. The molecule has 1 aromatic heterocycles. The summed E-state index contributed by atoms with van der Waals surface area (Å²) in [6.45, 7) is 0. The predicted molar refractivity (Wildman–Crippen MR) is 43.0 cm³/mol. The van der Waals surface area contributed by atoms with Crippen molar-refractivity contribution in [3.63, 3.8) is 0 Å². The molecule has 0 aliphatic carbocycles. The zero-order valence-electron chi connectivity index (χ0n) is 7.48. The molecule has 0 radical (unpaired) electrons. The second kappa shape index (κ2) is 3.28. The fourth-order valence-corrected chi connectivity index (χ4v) is 1.58. The molecule has 1 aliphatic rings. The highest BCUT2D eigenvalue weighted by molar-refractivity contribution is 5.08. The highest BCUT2D eigenvalue weighted by atomic mass is 16.5. The van der Waals surface area contributed by atoms with Gasteiger partial charge >= 0.3 is 0 Å². The molecular weight excluding hydrogens is 190 g/mol. The van der Waals surface area contributed by atoms with Gasteiger partial charge in [-0.2, -0.15) is 0 Å². The smallest absolute Gasteiger partial charge is 0.180 e. The van der Waals surface area contributed by atoms with E-state index in [0.29, 0.717) is 5.69 Å². The molecule has 1 aliphatic heterocycles. The Morgan fingerprint density at radius 3 is 2.71 bits per heavy atom. The molecule has 1 aromatic rings. The van der Waals surface area contributed by atoms with Crippen LogP contribution in [-0.2, 0) is 4.74 Å². The molecule has 3 N–H and O–H groups in total. The summed E-state index contributed by atoms with van der Waals surface area (Å²) in [5, 5.41) is 35.8. The first-order valence-corrected chi connectivity index (χ1v) is 4.14. The third kappa shape index (κ3) is 1.14. The Balaban J connectivity index is 2.44. The molecule has 7 heteroatoms. The minimum Gasteiger partial charge on any atom is -0.387 e. The normalized spacial score (nSPS) is 36.9. The third-order valence-electron chi connectivity index (χ3n) is 2.35. The summed E-state index contributed by atoms with van der Waals surface area (Å²) in [5.74, 6) is 0. The molecule has 2 heterocycles. The van der Waals surface area contributed by atoms with E-state index in [2.05, 4.69) is 10.3 Å². The molecule has 78 valence electrons. The van der Waals surface area contributed by atoms with Gasteiger partial charge in [-0.3, -0.25) is 0 Å². The summed E-state index contributed by atoms with van der Waals surface area (Å²) in [6.07, 6.45) is -3.18. The van der Waals surface area contributed by atoms with Crippen LogP contribution >= 0.6 is 0 Å². The van der Waals surface area contributed by atoms with Crippen LogP contribution in [0, 0.1) is 0 Å². The van der Waals surface area contributed by atoms with Gasteiger partial charge in [0.2, 0.25) is 0 Å². The minimum atomic E-state index is -1.29. The van der Waals surface area contributed by atoms with Crippen LogP contribution in [0.1, 0.15) is 18.0 Å². The molecule has 7 nitrogen and oxygen atoms in total. The molecule has 0 saturated carbocycles. The maximum atomic E-state index is 9.55. The van der Waals surface area contributed by atoms with Crippen LogP contribution in [0.4, 0.5) is 0 Å². The fraction of sp³-hybridized carbons (Fsp3) is 0.714. The van der Waals surface area contributed by atoms with Gasteiger partial charge in [0.1, 0.15) is 18.3 Å². The molecule has 0 unspecified atom stereocenters. The Labute approximate surface area is 79.5 Å². The number of aliphatic hydroxyl groups excluding tert-OH is 3. The van der Waals surface area contributed by atoms with E-state index in [0.717, 1.165) is 0 Å². The minimum absolute atomic E-state index is 0.328. The van der Waals surface area contributed by atoms with E-state index in [1.807, 2.05) is 0 Å². The summed E-state index contributed by atoms with van der Waals surface area (Å²) in [7, 11) is 1.38. The van der Waals surface area contributed by atoms with Crippen LogP contribution < -0.4 is 0 Å². The predicted octanol–water partition coefficient (Wildman–Crippen LogP) is -1.81. The van der Waals surface area contributed by atoms with Gasteiger partial charge in [0.15, 0.2) is 6.23 Å². The van der Waals surface area contributed by atoms with Crippen molar-refractivity contribution in [2.45, 2.75) is 24.5 Å². The number of aromatic nitrogens is 3. The number of hydrogen-bond donors (Lipinski definition) is 3. The Hall–Kier alpha value is -1.02. The first-order chi connectivity index (χ1) is 6.66. The van der Waals surface area contributed by atoms with Crippen LogP contribution in [0.5, 0.6) is 0 Å². The van der Waals surface area contributed by atoms with E-state index in [9.17, 15) is 15.3 Å². The largest absolute Gasteiger partial charge is 0.387 e. The molecule has 0 saturated heterocycles. The van der Waals surface area contributed by atoms with Crippen LogP contribution in [-0.4, -0.2) is 49.6 Å². The zero-order valence-corrected chi connectivity index (χ0v) is 7.48. The number of methoxy groups -OCH3 is 1. The van der Waals surface area contributed by atoms with Gasteiger partial charge in [-0.25, -0.2) is 4.68 Å². The van der Waals surface area contributed by atoms with Crippen LogP contribution in [0.25, 0.3) is 0 Å². The van der Waals surface area contributed by atoms with Crippen LogP contribution in [0.15, 0.2) is 6.20 Å². The van der Waals surface area contributed by atoms with E-state index < -0.39 is 24.5 Å². The van der Waals surface area contributed by atoms with Crippen molar-refractivity contribution in [2.24, 2.45) is 0 Å². The molecule has 4 atom stereocenters. The van der Waals surface area contributed by atoms with E-state index in [1.165, 1.54) is 18.0 Å². The second-order valence-corrected chi connectivity index (χ2v) is 3.16. The van der Waals surface area contributed by atoms with Gasteiger partial charge in [0.05, 0.1) is 11.9 Å². The lowest BCUT2D eigenvalue weighted by Crippen LogP contribution is -2.45. The van der Waals surface area contributed by atoms with Crippen molar-refractivity contribution in [3.05, 3.63) is 11.9 Å². The van der Waals surface area contributed by atoms with Gasteiger partial charge in [-0.1, -0.05) is 5.21 Å². The van der Waals surface area contributed by atoms with Gasteiger partial charge in [-0.15, -0.1) is 5.10 Å². The summed E-state index contributed by atoms with van der Waals surface area (Å²) >= 11 is 0. The number of ether oxygens (including phenoxy) is 1. The van der Waals surface area contributed by atoms with Crippen molar-refractivity contribution in [1.29, 1.82) is 0 Å². The number of hydrogen-bond acceptors (Lipinski definition) is 6. The van der Waals surface area contributed by atoms with Crippen molar-refractivity contribution in [3.8, 4) is 0 Å². The monoisotopic (exact) mass is 201 g/mol. The SMILES string of the molecule is CO[C@H]1[C@@H](O)[C@@H](O)[C@H](O)c2cnnn21. The van der Waals surface area contributed by atoms with E-state index in [4.69, 9.17) is 4.74 Å². The lowest BCUT2D eigenvalue weighted by Gasteiger charge is -2.34. The van der Waals surface area contributed by atoms with Gasteiger partial charge in [0.25, 0.3) is 0 Å².